The summed E-state index contributed by atoms with van der Waals surface area (Å²) in [6.07, 6.45) is 3.23. The molecule has 32 heavy (non-hydrogen) atoms. The largest absolute Gasteiger partial charge is 0.489 e. The highest BCUT2D eigenvalue weighted by atomic mass is 16.5. The summed E-state index contributed by atoms with van der Waals surface area (Å²) in [6, 6.07) is 28.6. The molecule has 3 aromatic rings. The molecule has 0 bridgehead atoms. The van der Waals surface area contributed by atoms with Gasteiger partial charge >= 0.3 is 0 Å². The second-order valence-corrected chi connectivity index (χ2v) is 7.14. The van der Waals surface area contributed by atoms with Crippen LogP contribution < -0.4 is 10.1 Å². The van der Waals surface area contributed by atoms with E-state index in [0.717, 1.165) is 24.0 Å². The molecule has 0 fully saturated rings. The van der Waals surface area contributed by atoms with Crippen molar-refractivity contribution in [3.63, 3.8) is 0 Å². The lowest BCUT2D eigenvalue weighted by atomic mass is 10.1. The summed E-state index contributed by atoms with van der Waals surface area (Å²) in [6.45, 7) is 0.789. The Kier molecular flexibility index (Phi) is 8.19. The zero-order valence-corrected chi connectivity index (χ0v) is 17.6. The number of nitriles is 2. The Morgan fingerprint density at radius 1 is 0.938 bits per heavy atom. The number of carbonyl (C=O) groups excluding carboxylic acids is 1. The average molecular weight is 422 g/mol. The van der Waals surface area contributed by atoms with Crippen LogP contribution in [0.1, 0.15) is 28.7 Å². The molecule has 0 heterocycles. The summed E-state index contributed by atoms with van der Waals surface area (Å²) in [7, 11) is 0. The number of aryl methyl sites for hydroxylation is 1. The smallest absolute Gasteiger partial charge is 0.261 e. The fourth-order valence-corrected chi connectivity index (χ4v) is 3.13. The summed E-state index contributed by atoms with van der Waals surface area (Å²) in [5.41, 5.74) is 3.40. The number of carbonyl (C=O) groups is 1. The number of rotatable bonds is 9. The number of ether oxygens (including phenoxy) is 1. The minimum atomic E-state index is -0.381. The van der Waals surface area contributed by atoms with E-state index in [4.69, 9.17) is 10.00 Å². The van der Waals surface area contributed by atoms with Gasteiger partial charge < -0.3 is 10.1 Å². The first-order valence-electron chi connectivity index (χ1n) is 10.3. The molecule has 0 saturated heterocycles. The van der Waals surface area contributed by atoms with Crippen LogP contribution in [0.5, 0.6) is 5.75 Å². The van der Waals surface area contributed by atoms with Crippen LogP contribution in [-0.4, -0.2) is 12.5 Å². The molecule has 0 aliphatic rings. The second-order valence-electron chi connectivity index (χ2n) is 7.14. The van der Waals surface area contributed by atoms with E-state index in [1.807, 2.05) is 42.5 Å². The Morgan fingerprint density at radius 2 is 1.66 bits per heavy atom. The van der Waals surface area contributed by atoms with Crippen molar-refractivity contribution in [1.82, 2.24) is 5.32 Å². The summed E-state index contributed by atoms with van der Waals surface area (Å²) in [5.74, 6) is 0.257. The molecular formula is C27H23N3O2. The van der Waals surface area contributed by atoms with Crippen molar-refractivity contribution < 1.29 is 9.53 Å². The molecule has 0 saturated carbocycles. The van der Waals surface area contributed by atoms with E-state index in [1.54, 1.807) is 36.4 Å². The van der Waals surface area contributed by atoms with Crippen LogP contribution in [0.4, 0.5) is 0 Å². The van der Waals surface area contributed by atoms with Gasteiger partial charge in [-0.3, -0.25) is 4.79 Å². The minimum Gasteiger partial charge on any atom is -0.489 e. The van der Waals surface area contributed by atoms with E-state index in [2.05, 4.69) is 23.5 Å². The Morgan fingerprint density at radius 3 is 2.38 bits per heavy atom. The van der Waals surface area contributed by atoms with Crippen molar-refractivity contribution in [3.05, 3.63) is 107 Å². The molecule has 0 unspecified atom stereocenters. The molecule has 1 amide bonds. The average Bonchev–Trinajstić information content (AvgIpc) is 2.85. The van der Waals surface area contributed by atoms with E-state index >= 15 is 0 Å². The second kappa shape index (κ2) is 11.7. The monoisotopic (exact) mass is 421 g/mol. The quantitative estimate of drug-likeness (QED) is 0.306. The zero-order valence-electron chi connectivity index (χ0n) is 17.6. The number of nitrogens with zero attached hydrogens (tertiary/aromatic N) is 2. The van der Waals surface area contributed by atoms with Gasteiger partial charge in [0.05, 0.1) is 11.6 Å². The molecule has 3 rings (SSSR count). The molecule has 158 valence electrons. The third-order valence-electron chi connectivity index (χ3n) is 4.86. The van der Waals surface area contributed by atoms with Crippen molar-refractivity contribution in [2.75, 3.05) is 6.54 Å². The summed E-state index contributed by atoms with van der Waals surface area (Å²) >= 11 is 0. The Hall–Kier alpha value is -4.35. The third-order valence-corrected chi connectivity index (χ3v) is 4.86. The molecule has 0 aliphatic carbocycles. The van der Waals surface area contributed by atoms with Gasteiger partial charge in [-0.25, -0.2) is 0 Å². The van der Waals surface area contributed by atoms with Gasteiger partial charge in [0.15, 0.2) is 0 Å². The topological polar surface area (TPSA) is 85.9 Å². The maximum atomic E-state index is 12.3. The van der Waals surface area contributed by atoms with Crippen molar-refractivity contribution in [2.45, 2.75) is 19.4 Å². The Labute approximate surface area is 188 Å². The minimum absolute atomic E-state index is 0.0568. The van der Waals surface area contributed by atoms with Gasteiger partial charge in [0, 0.05) is 12.1 Å². The normalized spacial score (nSPS) is 10.6. The van der Waals surface area contributed by atoms with Gasteiger partial charge in [-0.05, 0) is 48.2 Å². The van der Waals surface area contributed by atoms with Crippen molar-refractivity contribution in [2.24, 2.45) is 0 Å². The van der Waals surface area contributed by atoms with Crippen LogP contribution in [0.3, 0.4) is 0 Å². The lowest BCUT2D eigenvalue weighted by molar-refractivity contribution is -0.117. The molecule has 5 nitrogen and oxygen atoms in total. The predicted molar refractivity (Wildman–Crippen MR) is 123 cm³/mol. The van der Waals surface area contributed by atoms with Crippen LogP contribution in [0.15, 0.2) is 84.4 Å². The summed E-state index contributed by atoms with van der Waals surface area (Å²) in [4.78, 5) is 12.3. The van der Waals surface area contributed by atoms with Gasteiger partial charge in [0.25, 0.3) is 5.91 Å². The fourth-order valence-electron chi connectivity index (χ4n) is 3.13. The van der Waals surface area contributed by atoms with Gasteiger partial charge in [0.1, 0.15) is 24.0 Å². The van der Waals surface area contributed by atoms with Crippen molar-refractivity contribution in [3.8, 4) is 17.9 Å². The number of amides is 1. The molecule has 0 aromatic heterocycles. The van der Waals surface area contributed by atoms with Crippen LogP contribution in [-0.2, 0) is 17.8 Å². The van der Waals surface area contributed by atoms with Gasteiger partial charge in [-0.1, -0.05) is 60.7 Å². The highest BCUT2D eigenvalue weighted by Crippen LogP contribution is 2.17. The van der Waals surface area contributed by atoms with Gasteiger partial charge in [-0.2, -0.15) is 10.5 Å². The first kappa shape index (κ1) is 22.3. The lowest BCUT2D eigenvalue weighted by Gasteiger charge is -2.08. The van der Waals surface area contributed by atoms with Crippen molar-refractivity contribution >= 4 is 12.0 Å². The first-order valence-corrected chi connectivity index (χ1v) is 10.3. The molecular weight excluding hydrogens is 398 g/mol. The molecule has 0 spiro atoms. The maximum absolute atomic E-state index is 12.3. The Bertz CT molecular complexity index is 1150. The molecule has 0 aliphatic heterocycles. The molecule has 0 radical (unpaired) electrons. The lowest BCUT2D eigenvalue weighted by Crippen LogP contribution is -2.25. The SMILES string of the molecule is N#C/C(=C/c1ccc(OCc2ccccc2C#N)cc1)C(=O)NCCCc1ccccc1. The number of hydrogen-bond donors (Lipinski definition) is 1. The van der Waals surface area contributed by atoms with Crippen LogP contribution in [0, 0.1) is 22.7 Å². The highest BCUT2D eigenvalue weighted by Gasteiger charge is 2.08. The third kappa shape index (κ3) is 6.58. The van der Waals surface area contributed by atoms with E-state index in [-0.39, 0.29) is 18.1 Å². The molecule has 1 N–H and O–H groups in total. The number of nitrogens with one attached hydrogen (secondary N) is 1. The van der Waals surface area contributed by atoms with Gasteiger partial charge in [-0.15, -0.1) is 0 Å². The van der Waals surface area contributed by atoms with Gasteiger partial charge in [0.2, 0.25) is 0 Å². The highest BCUT2D eigenvalue weighted by molar-refractivity contribution is 6.01. The van der Waals surface area contributed by atoms with Crippen LogP contribution in [0.2, 0.25) is 0 Å². The van der Waals surface area contributed by atoms with E-state index < -0.39 is 0 Å². The van der Waals surface area contributed by atoms with Crippen LogP contribution in [0.25, 0.3) is 6.08 Å². The molecule has 5 heteroatoms. The summed E-state index contributed by atoms with van der Waals surface area (Å²) in [5, 5.41) is 21.3. The predicted octanol–water partition coefficient (Wildman–Crippen LogP) is 4.79. The van der Waals surface area contributed by atoms with E-state index in [9.17, 15) is 10.1 Å². The summed E-state index contributed by atoms with van der Waals surface area (Å²) < 4.78 is 5.75. The number of hydrogen-bond acceptors (Lipinski definition) is 4. The number of benzene rings is 3. The van der Waals surface area contributed by atoms with Crippen molar-refractivity contribution in [1.29, 1.82) is 10.5 Å². The Balaban J connectivity index is 1.52. The van der Waals surface area contributed by atoms with E-state index in [1.165, 1.54) is 5.56 Å². The maximum Gasteiger partial charge on any atom is 0.261 e. The molecule has 0 atom stereocenters. The zero-order chi connectivity index (χ0) is 22.6. The van der Waals surface area contributed by atoms with Crippen LogP contribution >= 0.6 is 0 Å². The fraction of sp³-hybridized carbons (Fsp3) is 0.148. The first-order chi connectivity index (χ1) is 15.7. The molecule has 3 aromatic carbocycles. The van der Waals surface area contributed by atoms with E-state index in [0.29, 0.717) is 17.9 Å². The standard InChI is InChI=1S/C27H23N3O2/c28-18-23-10-4-5-11-24(23)20-32-26-14-12-22(13-15-26)17-25(19-29)27(31)30-16-6-9-21-7-2-1-3-8-21/h1-5,7-8,10-15,17H,6,9,16,20H2,(H,30,31)/b25-17-.